The first-order chi connectivity index (χ1) is 6.13. The molecule has 0 bridgehead atoms. The van der Waals surface area contributed by atoms with Crippen molar-refractivity contribution >= 4 is 5.69 Å². The third-order valence-corrected chi connectivity index (χ3v) is 1.29. The zero-order chi connectivity index (χ0) is 9.84. The highest BCUT2D eigenvalue weighted by molar-refractivity contribution is 5.50. The summed E-state index contributed by atoms with van der Waals surface area (Å²) in [6, 6.07) is 1.52. The highest BCUT2D eigenvalue weighted by atomic mass is 16.7. The minimum Gasteiger partial charge on any atom is -0.478 e. The normalized spacial score (nSPS) is 9.38. The van der Waals surface area contributed by atoms with E-state index >= 15 is 0 Å². The van der Waals surface area contributed by atoms with Crippen LogP contribution < -0.4 is 10.2 Å². The smallest absolute Gasteiger partial charge is 0.359 e. The maximum Gasteiger partial charge on any atom is 0.359 e. The van der Waals surface area contributed by atoms with Crippen LogP contribution in [-0.4, -0.2) is 27.5 Å². The lowest BCUT2D eigenvalue weighted by atomic mass is 10.4. The number of hydrogen-bond acceptors (Lipinski definition) is 4. The molecule has 1 aromatic rings. The third kappa shape index (κ3) is 2.26. The Labute approximate surface area is 73.9 Å². The first-order valence-electron chi connectivity index (χ1n) is 3.44. The predicted molar refractivity (Wildman–Crippen MR) is 42.4 cm³/mol. The van der Waals surface area contributed by atoms with Gasteiger partial charge in [0.05, 0.1) is 12.8 Å². The van der Waals surface area contributed by atoms with Crippen molar-refractivity contribution in [3.63, 3.8) is 0 Å². The van der Waals surface area contributed by atoms with E-state index < -0.39 is 5.03 Å². The summed E-state index contributed by atoms with van der Waals surface area (Å²) in [6.07, 6.45) is 0. The Bertz CT molecular complexity index is 328. The molecule has 0 unspecified atom stereocenters. The van der Waals surface area contributed by atoms with E-state index in [1.54, 1.807) is 6.92 Å². The molecule has 0 aliphatic rings. The Kier molecular flexibility index (Phi) is 2.58. The molecule has 0 aliphatic carbocycles. The van der Waals surface area contributed by atoms with Crippen LogP contribution in [0.15, 0.2) is 6.07 Å². The largest absolute Gasteiger partial charge is 0.478 e. The number of nitrogens with zero attached hydrogens (tertiary/aromatic N) is 3. The second-order valence-electron chi connectivity index (χ2n) is 2.29. The molecule has 1 aromatic heterocycles. The zero-order valence-electron chi connectivity index (χ0n) is 7.18. The van der Waals surface area contributed by atoms with Crippen LogP contribution in [0.4, 0.5) is 5.69 Å². The number of aryl methyl sites for hydroxylation is 1. The van der Waals surface area contributed by atoms with Gasteiger partial charge in [0.15, 0.2) is 5.69 Å². The second kappa shape index (κ2) is 3.65. The lowest BCUT2D eigenvalue weighted by Crippen LogP contribution is -2.12. The molecule has 0 amide bonds. The van der Waals surface area contributed by atoms with E-state index in [0.29, 0.717) is 5.69 Å². The Morgan fingerprint density at radius 2 is 2.31 bits per heavy atom. The Hall–Kier alpha value is -1.92. The molecular formula is C6H9N4O3+. The molecule has 1 heterocycles. The van der Waals surface area contributed by atoms with E-state index in [0.717, 1.165) is 0 Å². The summed E-state index contributed by atoms with van der Waals surface area (Å²) < 4.78 is 4.79. The van der Waals surface area contributed by atoms with E-state index in [-0.39, 0.29) is 11.6 Å². The minimum absolute atomic E-state index is 0.139. The van der Waals surface area contributed by atoms with E-state index in [2.05, 4.69) is 15.6 Å². The van der Waals surface area contributed by atoms with Gasteiger partial charge in [0, 0.05) is 0 Å². The van der Waals surface area contributed by atoms with Gasteiger partial charge in [-0.3, -0.25) is 0 Å². The molecule has 0 radical (unpaired) electrons. The number of methoxy groups -OCH3 is 1. The van der Waals surface area contributed by atoms with E-state index in [9.17, 15) is 4.91 Å². The van der Waals surface area contributed by atoms with Gasteiger partial charge in [-0.1, -0.05) is 5.43 Å². The summed E-state index contributed by atoms with van der Waals surface area (Å²) >= 11 is 0. The van der Waals surface area contributed by atoms with Crippen molar-refractivity contribution in [2.24, 2.45) is 0 Å². The van der Waals surface area contributed by atoms with Crippen LogP contribution in [0, 0.1) is 11.8 Å². The van der Waals surface area contributed by atoms with Crippen LogP contribution in [0.5, 0.6) is 5.88 Å². The molecule has 0 aromatic carbocycles. The fraction of sp³-hybridized carbons (Fsp3) is 0.333. The molecule has 13 heavy (non-hydrogen) atoms. The lowest BCUT2D eigenvalue weighted by Gasteiger charge is -2.01. The van der Waals surface area contributed by atoms with Crippen molar-refractivity contribution in [2.75, 3.05) is 12.5 Å². The van der Waals surface area contributed by atoms with Gasteiger partial charge in [0.2, 0.25) is 0 Å². The zero-order valence-corrected chi connectivity index (χ0v) is 7.18. The second-order valence-corrected chi connectivity index (χ2v) is 2.29. The van der Waals surface area contributed by atoms with Crippen LogP contribution in [0.2, 0.25) is 0 Å². The molecular weight excluding hydrogens is 176 g/mol. The molecule has 7 heteroatoms. The summed E-state index contributed by atoms with van der Waals surface area (Å²) in [4.78, 5) is 10.2. The van der Waals surface area contributed by atoms with Crippen molar-refractivity contribution < 1.29 is 15.0 Å². The van der Waals surface area contributed by atoms with Crippen molar-refractivity contribution in [3.05, 3.63) is 16.7 Å². The number of hydrogen-bond donors (Lipinski definition) is 2. The molecule has 7 nitrogen and oxygen atoms in total. The van der Waals surface area contributed by atoms with Crippen LogP contribution in [0.25, 0.3) is 0 Å². The molecule has 0 aliphatic heterocycles. The SMILES string of the molecule is COc1nnc(C)cc1N[N+](=O)O. The fourth-order valence-electron chi connectivity index (χ4n) is 0.812. The van der Waals surface area contributed by atoms with Crippen LogP contribution in [0.1, 0.15) is 5.69 Å². The Morgan fingerprint density at radius 1 is 1.62 bits per heavy atom. The van der Waals surface area contributed by atoms with Crippen LogP contribution >= 0.6 is 0 Å². The van der Waals surface area contributed by atoms with E-state index in [1.807, 2.05) is 0 Å². The minimum atomic E-state index is -0.432. The number of ether oxygens (including phenoxy) is 1. The van der Waals surface area contributed by atoms with Gasteiger partial charge in [-0.05, 0) is 13.0 Å². The molecule has 70 valence electrons. The van der Waals surface area contributed by atoms with Crippen molar-refractivity contribution in [1.29, 1.82) is 0 Å². The molecule has 0 atom stereocenters. The Balaban J connectivity index is 3.01. The van der Waals surface area contributed by atoms with E-state index in [1.165, 1.54) is 13.2 Å². The number of rotatable bonds is 3. The lowest BCUT2D eigenvalue weighted by molar-refractivity contribution is -0.769. The molecule has 0 fully saturated rings. The van der Waals surface area contributed by atoms with Gasteiger partial charge in [0.25, 0.3) is 5.88 Å². The number of anilines is 1. The van der Waals surface area contributed by atoms with Crippen molar-refractivity contribution in [1.82, 2.24) is 10.2 Å². The first-order valence-corrected chi connectivity index (χ1v) is 3.44. The van der Waals surface area contributed by atoms with Crippen LogP contribution in [-0.2, 0) is 0 Å². The third-order valence-electron chi connectivity index (χ3n) is 1.29. The predicted octanol–water partition coefficient (Wildman–Crippen LogP) is 0.289. The number of nitrogens with one attached hydrogen (secondary N) is 1. The maximum absolute atomic E-state index is 10.2. The van der Waals surface area contributed by atoms with Gasteiger partial charge >= 0.3 is 5.03 Å². The van der Waals surface area contributed by atoms with Crippen LogP contribution in [0.3, 0.4) is 0 Å². The van der Waals surface area contributed by atoms with Gasteiger partial charge in [-0.25, -0.2) is 5.21 Å². The fourth-order valence-corrected chi connectivity index (χ4v) is 0.812. The van der Waals surface area contributed by atoms with Crippen molar-refractivity contribution in [3.8, 4) is 5.88 Å². The quantitative estimate of drug-likeness (QED) is 0.658. The summed E-state index contributed by atoms with van der Waals surface area (Å²) in [6.45, 7) is 1.70. The number of aromatic nitrogens is 2. The maximum atomic E-state index is 10.2. The number of hydrazine groups is 1. The molecule has 0 saturated carbocycles. The van der Waals surface area contributed by atoms with Gasteiger partial charge in [-0.2, -0.15) is 5.10 Å². The van der Waals surface area contributed by atoms with Gasteiger partial charge in [0.1, 0.15) is 4.91 Å². The van der Waals surface area contributed by atoms with E-state index in [4.69, 9.17) is 9.94 Å². The molecule has 0 saturated heterocycles. The van der Waals surface area contributed by atoms with Gasteiger partial charge < -0.3 is 4.74 Å². The summed E-state index contributed by atoms with van der Waals surface area (Å²) in [5.74, 6) is 0.139. The van der Waals surface area contributed by atoms with Crippen molar-refractivity contribution in [2.45, 2.75) is 6.92 Å². The summed E-state index contributed by atoms with van der Waals surface area (Å²) in [7, 11) is 1.39. The first kappa shape index (κ1) is 9.17. The topological polar surface area (TPSA) is 87.4 Å². The highest BCUT2D eigenvalue weighted by Gasteiger charge is 2.12. The monoisotopic (exact) mass is 185 g/mol. The summed E-state index contributed by atoms with van der Waals surface area (Å²) in [5.41, 5.74) is 2.93. The highest BCUT2D eigenvalue weighted by Crippen LogP contribution is 2.19. The summed E-state index contributed by atoms with van der Waals surface area (Å²) in [5, 5.41) is 15.3. The Morgan fingerprint density at radius 3 is 2.85 bits per heavy atom. The average molecular weight is 185 g/mol. The average Bonchev–Trinajstić information content (AvgIpc) is 2.03. The molecule has 2 N–H and O–H groups in total. The molecule has 1 rings (SSSR count). The van der Waals surface area contributed by atoms with Gasteiger partial charge in [-0.15, -0.1) is 5.10 Å². The molecule has 0 spiro atoms. The standard InChI is InChI=1S/C6H9N4O3/c1-4-3-5(9-10(11)12)6(13-2)8-7-4/h3H,1-2H3,(H,7,9)(H,11,12)/q+1.